The first kappa shape index (κ1) is 20.1. The average Bonchev–Trinajstić information content (AvgIpc) is 3.37. The molecule has 0 radical (unpaired) electrons. The van der Waals surface area contributed by atoms with Gasteiger partial charge in [-0.2, -0.15) is 0 Å². The zero-order valence-electron chi connectivity index (χ0n) is 16.1. The van der Waals surface area contributed by atoms with Gasteiger partial charge in [0.1, 0.15) is 0 Å². The van der Waals surface area contributed by atoms with Crippen molar-refractivity contribution < 1.29 is 9.32 Å². The highest BCUT2D eigenvalue weighted by Gasteiger charge is 2.24. The highest BCUT2D eigenvalue weighted by Crippen LogP contribution is 2.27. The van der Waals surface area contributed by atoms with Crippen LogP contribution in [-0.4, -0.2) is 35.6 Å². The number of aromatic nitrogens is 1. The summed E-state index contributed by atoms with van der Waals surface area (Å²) < 4.78 is 5.36. The van der Waals surface area contributed by atoms with E-state index < -0.39 is 0 Å². The van der Waals surface area contributed by atoms with Crippen LogP contribution in [0.2, 0.25) is 5.02 Å². The van der Waals surface area contributed by atoms with Gasteiger partial charge in [-0.3, -0.25) is 9.69 Å². The van der Waals surface area contributed by atoms with Crippen molar-refractivity contribution in [3.05, 3.63) is 63.4 Å². The molecular weight excluding hydrogens is 406 g/mol. The molecule has 1 N–H and O–H groups in total. The predicted octanol–water partition coefficient (Wildman–Crippen LogP) is 5.40. The molecule has 1 aliphatic heterocycles. The Morgan fingerprint density at radius 3 is 2.62 bits per heavy atom. The van der Waals surface area contributed by atoms with Crippen molar-refractivity contribution in [2.24, 2.45) is 0 Å². The standard InChI is InChI=1S/C22H24ClN3O2S/c23-17-9-7-16(8-10-17)20-14-18(25-28-20)22(27)24-15-19(21-6-5-13-29-21)26-11-3-1-2-4-12-26/h5-10,13-14,19H,1-4,11-12,15H2,(H,24,27). The van der Waals surface area contributed by atoms with Gasteiger partial charge in [0.15, 0.2) is 11.5 Å². The topological polar surface area (TPSA) is 58.4 Å². The van der Waals surface area contributed by atoms with E-state index in [-0.39, 0.29) is 17.6 Å². The Morgan fingerprint density at radius 2 is 1.93 bits per heavy atom. The first-order valence-electron chi connectivity index (χ1n) is 9.99. The molecule has 1 unspecified atom stereocenters. The van der Waals surface area contributed by atoms with Gasteiger partial charge in [0.05, 0.1) is 6.04 Å². The van der Waals surface area contributed by atoms with Crippen LogP contribution in [0.5, 0.6) is 0 Å². The van der Waals surface area contributed by atoms with Gasteiger partial charge in [0, 0.05) is 28.1 Å². The second-order valence-electron chi connectivity index (χ2n) is 7.27. The number of carbonyl (C=O) groups excluding carboxylic acids is 1. The predicted molar refractivity (Wildman–Crippen MR) is 116 cm³/mol. The summed E-state index contributed by atoms with van der Waals surface area (Å²) in [6.07, 6.45) is 4.99. The molecule has 1 atom stereocenters. The van der Waals surface area contributed by atoms with E-state index in [1.165, 1.54) is 30.6 Å². The van der Waals surface area contributed by atoms with Gasteiger partial charge < -0.3 is 9.84 Å². The van der Waals surface area contributed by atoms with Crippen molar-refractivity contribution in [3.8, 4) is 11.3 Å². The number of rotatable bonds is 6. The summed E-state index contributed by atoms with van der Waals surface area (Å²) in [5.74, 6) is 0.333. The van der Waals surface area contributed by atoms with Crippen LogP contribution in [-0.2, 0) is 0 Å². The Kier molecular flexibility index (Phi) is 6.64. The Balaban J connectivity index is 1.43. The molecule has 7 heteroatoms. The summed E-state index contributed by atoms with van der Waals surface area (Å²) >= 11 is 7.67. The number of amides is 1. The third-order valence-corrected chi connectivity index (χ3v) is 6.51. The van der Waals surface area contributed by atoms with E-state index in [1.807, 2.05) is 12.1 Å². The maximum Gasteiger partial charge on any atom is 0.273 e. The van der Waals surface area contributed by atoms with Crippen molar-refractivity contribution in [1.82, 2.24) is 15.4 Å². The average molecular weight is 430 g/mol. The molecule has 0 bridgehead atoms. The SMILES string of the molecule is O=C(NCC(c1cccs1)N1CCCCCC1)c1cc(-c2ccc(Cl)cc2)on1. The van der Waals surface area contributed by atoms with Crippen LogP contribution in [0.4, 0.5) is 0 Å². The molecule has 0 spiro atoms. The van der Waals surface area contributed by atoms with E-state index in [0.717, 1.165) is 18.7 Å². The summed E-state index contributed by atoms with van der Waals surface area (Å²) in [4.78, 5) is 16.5. The molecule has 1 amide bonds. The highest BCUT2D eigenvalue weighted by molar-refractivity contribution is 7.10. The Morgan fingerprint density at radius 1 is 1.17 bits per heavy atom. The zero-order chi connectivity index (χ0) is 20.1. The lowest BCUT2D eigenvalue weighted by molar-refractivity contribution is 0.0925. The molecule has 4 rings (SSSR count). The van der Waals surface area contributed by atoms with E-state index in [4.69, 9.17) is 16.1 Å². The van der Waals surface area contributed by atoms with Gasteiger partial charge in [0.25, 0.3) is 5.91 Å². The molecule has 1 saturated heterocycles. The number of nitrogens with one attached hydrogen (secondary N) is 1. The van der Waals surface area contributed by atoms with Crippen LogP contribution in [0.1, 0.15) is 47.1 Å². The first-order chi connectivity index (χ1) is 14.2. The van der Waals surface area contributed by atoms with Crippen molar-refractivity contribution in [2.45, 2.75) is 31.7 Å². The second kappa shape index (κ2) is 9.57. The third kappa shape index (κ3) is 5.07. The highest BCUT2D eigenvalue weighted by atomic mass is 35.5. The molecule has 3 aromatic rings. The van der Waals surface area contributed by atoms with E-state index in [0.29, 0.717) is 17.3 Å². The van der Waals surface area contributed by atoms with Crippen LogP contribution in [0.15, 0.2) is 52.4 Å². The number of likely N-dealkylation sites (tertiary alicyclic amines) is 1. The maximum absolute atomic E-state index is 12.7. The minimum atomic E-state index is -0.217. The van der Waals surface area contributed by atoms with Crippen molar-refractivity contribution in [2.75, 3.05) is 19.6 Å². The molecule has 0 saturated carbocycles. The largest absolute Gasteiger partial charge is 0.355 e. The van der Waals surface area contributed by atoms with Gasteiger partial charge >= 0.3 is 0 Å². The van der Waals surface area contributed by atoms with Gasteiger partial charge in [-0.05, 0) is 61.6 Å². The van der Waals surface area contributed by atoms with E-state index in [2.05, 4.69) is 32.9 Å². The number of thiophene rings is 1. The number of nitrogens with zero attached hydrogens (tertiary/aromatic N) is 2. The lowest BCUT2D eigenvalue weighted by Crippen LogP contribution is -2.38. The Labute approximate surface area is 179 Å². The van der Waals surface area contributed by atoms with E-state index in [9.17, 15) is 4.79 Å². The van der Waals surface area contributed by atoms with Crippen molar-refractivity contribution >= 4 is 28.8 Å². The molecule has 1 fully saturated rings. The quantitative estimate of drug-likeness (QED) is 0.569. The van der Waals surface area contributed by atoms with Crippen LogP contribution in [0.3, 0.4) is 0 Å². The third-order valence-electron chi connectivity index (χ3n) is 5.28. The summed E-state index contributed by atoms with van der Waals surface area (Å²) in [6.45, 7) is 2.70. The molecule has 29 heavy (non-hydrogen) atoms. The fourth-order valence-electron chi connectivity index (χ4n) is 3.71. The number of hydrogen-bond acceptors (Lipinski definition) is 5. The molecule has 0 aliphatic carbocycles. The number of benzene rings is 1. The molecule has 3 heterocycles. The molecule has 1 aliphatic rings. The Bertz CT molecular complexity index is 916. The fourth-order valence-corrected chi connectivity index (χ4v) is 4.70. The monoisotopic (exact) mass is 429 g/mol. The Hall–Kier alpha value is -2.15. The van der Waals surface area contributed by atoms with Gasteiger partial charge in [-0.25, -0.2) is 0 Å². The first-order valence-corrected chi connectivity index (χ1v) is 11.2. The molecule has 1 aromatic carbocycles. The van der Waals surface area contributed by atoms with Gasteiger partial charge in [-0.1, -0.05) is 35.7 Å². The van der Waals surface area contributed by atoms with Gasteiger partial charge in [0.2, 0.25) is 0 Å². The number of halogens is 1. The summed E-state index contributed by atoms with van der Waals surface area (Å²) in [7, 11) is 0. The van der Waals surface area contributed by atoms with Crippen molar-refractivity contribution in [1.29, 1.82) is 0 Å². The summed E-state index contributed by atoms with van der Waals surface area (Å²) in [6, 6.07) is 13.3. The zero-order valence-corrected chi connectivity index (χ0v) is 17.7. The molecular formula is C22H24ClN3O2S. The lowest BCUT2D eigenvalue weighted by atomic mass is 10.1. The maximum atomic E-state index is 12.7. The van der Waals surface area contributed by atoms with Crippen LogP contribution >= 0.6 is 22.9 Å². The van der Waals surface area contributed by atoms with Crippen LogP contribution in [0.25, 0.3) is 11.3 Å². The van der Waals surface area contributed by atoms with Gasteiger partial charge in [-0.15, -0.1) is 11.3 Å². The van der Waals surface area contributed by atoms with E-state index >= 15 is 0 Å². The van der Waals surface area contributed by atoms with Crippen LogP contribution in [0, 0.1) is 0 Å². The summed E-state index contributed by atoms with van der Waals surface area (Å²) in [5, 5.41) is 9.76. The smallest absolute Gasteiger partial charge is 0.273 e. The van der Waals surface area contributed by atoms with Crippen LogP contribution < -0.4 is 5.32 Å². The fraction of sp³-hybridized carbons (Fsp3) is 0.364. The molecule has 152 valence electrons. The normalized spacial score (nSPS) is 16.3. The van der Waals surface area contributed by atoms with Crippen molar-refractivity contribution in [3.63, 3.8) is 0 Å². The lowest BCUT2D eigenvalue weighted by Gasteiger charge is -2.30. The minimum absolute atomic E-state index is 0.194. The minimum Gasteiger partial charge on any atom is -0.355 e. The van der Waals surface area contributed by atoms with E-state index in [1.54, 1.807) is 29.5 Å². The molecule has 5 nitrogen and oxygen atoms in total. The second-order valence-corrected chi connectivity index (χ2v) is 8.69. The summed E-state index contributed by atoms with van der Waals surface area (Å²) in [5.41, 5.74) is 1.12. The molecule has 2 aromatic heterocycles. The number of carbonyl (C=O) groups is 1. The number of hydrogen-bond donors (Lipinski definition) is 1.